The van der Waals surface area contributed by atoms with Crippen LogP contribution in [-0.2, 0) is 6.54 Å². The highest BCUT2D eigenvalue weighted by molar-refractivity contribution is 9.10. The van der Waals surface area contributed by atoms with Crippen LogP contribution in [0.2, 0.25) is 5.02 Å². The van der Waals surface area contributed by atoms with Crippen molar-refractivity contribution in [3.63, 3.8) is 0 Å². The van der Waals surface area contributed by atoms with Crippen LogP contribution in [0.1, 0.15) is 16.7 Å². The minimum absolute atomic E-state index is 0.733. The Morgan fingerprint density at radius 2 is 1.94 bits per heavy atom. The van der Waals surface area contributed by atoms with Gasteiger partial charge in [-0.1, -0.05) is 45.7 Å². The maximum Gasteiger partial charge on any atom is 0.0458 e. The summed E-state index contributed by atoms with van der Waals surface area (Å²) in [4.78, 5) is 0. The topological polar surface area (TPSA) is 12.0 Å². The number of aryl methyl sites for hydroxylation is 1. The predicted molar refractivity (Wildman–Crippen MR) is 82.4 cm³/mol. The normalized spacial score (nSPS) is 10.4. The molecule has 0 heterocycles. The second kappa shape index (κ2) is 5.77. The molecular formula is C15H15BrClN. The van der Waals surface area contributed by atoms with Crippen molar-refractivity contribution in [2.45, 2.75) is 20.4 Å². The molecule has 2 rings (SSSR count). The molecule has 0 aliphatic rings. The van der Waals surface area contributed by atoms with E-state index in [0.717, 1.165) is 27.3 Å². The molecule has 0 radical (unpaired) electrons. The molecule has 0 unspecified atom stereocenters. The number of benzene rings is 2. The highest BCUT2D eigenvalue weighted by Crippen LogP contribution is 2.25. The van der Waals surface area contributed by atoms with Crippen LogP contribution in [0.15, 0.2) is 40.9 Å². The van der Waals surface area contributed by atoms with Crippen molar-refractivity contribution in [1.82, 2.24) is 0 Å². The van der Waals surface area contributed by atoms with Crippen molar-refractivity contribution in [1.29, 1.82) is 0 Å². The molecule has 1 nitrogen and oxygen atoms in total. The number of rotatable bonds is 3. The second-order valence-corrected chi connectivity index (χ2v) is 5.62. The van der Waals surface area contributed by atoms with E-state index >= 15 is 0 Å². The van der Waals surface area contributed by atoms with Crippen LogP contribution in [0.3, 0.4) is 0 Å². The van der Waals surface area contributed by atoms with Gasteiger partial charge in [0.25, 0.3) is 0 Å². The zero-order valence-electron chi connectivity index (χ0n) is 10.4. The maximum absolute atomic E-state index is 6.22. The standard InChI is InChI=1S/C15H15BrClN/c1-10-6-7-12(14(17)8-10)9-18-15-5-3-4-13(16)11(15)2/h3-8,18H,9H2,1-2H3. The quantitative estimate of drug-likeness (QED) is 0.804. The first-order valence-corrected chi connectivity index (χ1v) is 6.99. The number of hydrogen-bond donors (Lipinski definition) is 1. The number of hydrogen-bond acceptors (Lipinski definition) is 1. The van der Waals surface area contributed by atoms with Gasteiger partial charge in [0.1, 0.15) is 0 Å². The van der Waals surface area contributed by atoms with Crippen LogP contribution in [0.5, 0.6) is 0 Å². The van der Waals surface area contributed by atoms with Crippen molar-refractivity contribution < 1.29 is 0 Å². The molecule has 0 saturated carbocycles. The molecule has 3 heteroatoms. The lowest BCUT2D eigenvalue weighted by molar-refractivity contribution is 1.13. The summed E-state index contributed by atoms with van der Waals surface area (Å²) in [5.74, 6) is 0. The zero-order valence-corrected chi connectivity index (χ0v) is 12.8. The van der Waals surface area contributed by atoms with E-state index in [1.54, 1.807) is 0 Å². The molecule has 0 aromatic heterocycles. The average molecular weight is 325 g/mol. The zero-order chi connectivity index (χ0) is 13.1. The number of halogens is 2. The van der Waals surface area contributed by atoms with Crippen LogP contribution in [0.25, 0.3) is 0 Å². The molecule has 0 aliphatic heterocycles. The second-order valence-electron chi connectivity index (χ2n) is 4.36. The van der Waals surface area contributed by atoms with Crippen molar-refractivity contribution >= 4 is 33.2 Å². The smallest absolute Gasteiger partial charge is 0.0458 e. The molecule has 94 valence electrons. The molecule has 18 heavy (non-hydrogen) atoms. The van der Waals surface area contributed by atoms with Crippen molar-refractivity contribution in [2.75, 3.05) is 5.32 Å². The maximum atomic E-state index is 6.22. The van der Waals surface area contributed by atoms with Crippen LogP contribution in [0, 0.1) is 13.8 Å². The fraction of sp³-hybridized carbons (Fsp3) is 0.200. The molecule has 2 aromatic carbocycles. The van der Waals surface area contributed by atoms with Gasteiger partial charge in [-0.05, 0) is 48.7 Å². The van der Waals surface area contributed by atoms with E-state index in [9.17, 15) is 0 Å². The van der Waals surface area contributed by atoms with Gasteiger partial charge in [-0.15, -0.1) is 0 Å². The summed E-state index contributed by atoms with van der Waals surface area (Å²) in [7, 11) is 0. The third kappa shape index (κ3) is 3.06. The summed E-state index contributed by atoms with van der Waals surface area (Å²) in [5, 5.41) is 4.23. The number of nitrogens with one attached hydrogen (secondary N) is 1. The summed E-state index contributed by atoms with van der Waals surface area (Å²) in [6.45, 7) is 4.86. The van der Waals surface area contributed by atoms with Crippen LogP contribution in [0.4, 0.5) is 5.69 Å². The largest absolute Gasteiger partial charge is 0.381 e. The first-order valence-electron chi connectivity index (χ1n) is 5.82. The third-order valence-corrected chi connectivity index (χ3v) is 4.16. The van der Waals surface area contributed by atoms with Crippen LogP contribution in [-0.4, -0.2) is 0 Å². The van der Waals surface area contributed by atoms with Gasteiger partial charge in [0, 0.05) is 21.7 Å². The van der Waals surface area contributed by atoms with Gasteiger partial charge >= 0.3 is 0 Å². The predicted octanol–water partition coefficient (Wildman–Crippen LogP) is 5.33. The first kappa shape index (κ1) is 13.4. The monoisotopic (exact) mass is 323 g/mol. The first-order chi connectivity index (χ1) is 8.58. The summed E-state index contributed by atoms with van der Waals surface area (Å²) in [5.41, 5.74) is 4.63. The summed E-state index contributed by atoms with van der Waals surface area (Å²) >= 11 is 9.75. The molecule has 1 N–H and O–H groups in total. The summed E-state index contributed by atoms with van der Waals surface area (Å²) in [6, 6.07) is 12.3. The van der Waals surface area contributed by atoms with Gasteiger partial charge in [0.2, 0.25) is 0 Å². The molecule has 0 saturated heterocycles. The fourth-order valence-corrected chi connectivity index (χ4v) is 2.45. The minimum Gasteiger partial charge on any atom is -0.381 e. The molecule has 0 bridgehead atoms. The van der Waals surface area contributed by atoms with Gasteiger partial charge in [-0.2, -0.15) is 0 Å². The lowest BCUT2D eigenvalue weighted by Gasteiger charge is -2.12. The van der Waals surface area contributed by atoms with Gasteiger partial charge < -0.3 is 5.32 Å². The lowest BCUT2D eigenvalue weighted by Crippen LogP contribution is -2.02. The Balaban J connectivity index is 2.14. The van der Waals surface area contributed by atoms with Gasteiger partial charge in [0.05, 0.1) is 0 Å². The van der Waals surface area contributed by atoms with E-state index < -0.39 is 0 Å². The Morgan fingerprint density at radius 3 is 2.67 bits per heavy atom. The van der Waals surface area contributed by atoms with Crippen LogP contribution >= 0.6 is 27.5 Å². The van der Waals surface area contributed by atoms with Gasteiger partial charge in [-0.25, -0.2) is 0 Å². The van der Waals surface area contributed by atoms with Crippen molar-refractivity contribution in [3.8, 4) is 0 Å². The minimum atomic E-state index is 0.733. The molecule has 2 aromatic rings. The Labute approximate surface area is 121 Å². The molecule has 0 aliphatic carbocycles. The number of anilines is 1. The molecule has 0 spiro atoms. The van der Waals surface area contributed by atoms with Crippen LogP contribution < -0.4 is 5.32 Å². The van der Waals surface area contributed by atoms with E-state index in [4.69, 9.17) is 11.6 Å². The summed E-state index contributed by atoms with van der Waals surface area (Å²) < 4.78 is 1.11. The van der Waals surface area contributed by atoms with E-state index in [2.05, 4.69) is 46.4 Å². The van der Waals surface area contributed by atoms with E-state index in [-0.39, 0.29) is 0 Å². The Kier molecular flexibility index (Phi) is 4.31. The lowest BCUT2D eigenvalue weighted by atomic mass is 10.1. The van der Waals surface area contributed by atoms with Gasteiger partial charge in [-0.3, -0.25) is 0 Å². The Morgan fingerprint density at radius 1 is 1.17 bits per heavy atom. The SMILES string of the molecule is Cc1ccc(CNc2cccc(Br)c2C)c(Cl)c1. The van der Waals surface area contributed by atoms with Crippen molar-refractivity contribution in [2.24, 2.45) is 0 Å². The average Bonchev–Trinajstić information content (AvgIpc) is 2.33. The highest BCUT2D eigenvalue weighted by Gasteiger charge is 2.03. The van der Waals surface area contributed by atoms with Gasteiger partial charge in [0.15, 0.2) is 0 Å². The third-order valence-electron chi connectivity index (χ3n) is 2.95. The van der Waals surface area contributed by atoms with E-state index in [1.165, 1.54) is 11.1 Å². The molecule has 0 fully saturated rings. The van der Waals surface area contributed by atoms with Crippen molar-refractivity contribution in [3.05, 3.63) is 62.6 Å². The Hall–Kier alpha value is -0.990. The molecule has 0 atom stereocenters. The summed E-state index contributed by atoms with van der Waals surface area (Å²) in [6.07, 6.45) is 0. The van der Waals surface area contributed by atoms with E-state index in [0.29, 0.717) is 0 Å². The van der Waals surface area contributed by atoms with E-state index in [1.807, 2.05) is 25.1 Å². The molecular weight excluding hydrogens is 310 g/mol. The highest BCUT2D eigenvalue weighted by atomic mass is 79.9. The Bertz CT molecular complexity index is 566. The fourth-order valence-electron chi connectivity index (χ4n) is 1.79. The molecule has 0 amide bonds.